The Balaban J connectivity index is 1.93. The van der Waals surface area contributed by atoms with Gasteiger partial charge in [0.05, 0.1) is 6.04 Å². The molecule has 1 aromatic carbocycles. The Kier molecular flexibility index (Phi) is 4.47. The molecule has 2 rings (SSSR count). The van der Waals surface area contributed by atoms with Crippen molar-refractivity contribution >= 4 is 23.3 Å². The lowest BCUT2D eigenvalue weighted by molar-refractivity contribution is -0.117. The Hall–Kier alpha value is -1.94. The normalized spacial score (nSPS) is 12.5. The van der Waals surface area contributed by atoms with E-state index in [0.29, 0.717) is 0 Å². The lowest BCUT2D eigenvalue weighted by Gasteiger charge is -2.12. The highest BCUT2D eigenvalue weighted by molar-refractivity contribution is 7.10. The Labute approximate surface area is 115 Å². The Morgan fingerprint density at radius 1 is 1.32 bits per heavy atom. The predicted octanol–water partition coefficient (Wildman–Crippen LogP) is 3.78. The van der Waals surface area contributed by atoms with Gasteiger partial charge in [-0.2, -0.15) is 0 Å². The van der Waals surface area contributed by atoms with Gasteiger partial charge in [-0.15, -0.1) is 11.3 Å². The van der Waals surface area contributed by atoms with Gasteiger partial charge in [-0.1, -0.05) is 18.2 Å². The van der Waals surface area contributed by atoms with Crippen LogP contribution in [0.2, 0.25) is 0 Å². The Morgan fingerprint density at radius 3 is 2.68 bits per heavy atom. The molecule has 2 aromatic rings. The number of benzene rings is 1. The van der Waals surface area contributed by atoms with Gasteiger partial charge in [0.1, 0.15) is 5.82 Å². The Morgan fingerprint density at radius 2 is 2.05 bits per heavy atom. The molecule has 1 heterocycles. The number of hydrogen-bond acceptors (Lipinski definition) is 2. The van der Waals surface area contributed by atoms with E-state index in [4.69, 9.17) is 0 Å². The highest BCUT2D eigenvalue weighted by Crippen LogP contribution is 2.13. The number of carbonyl (C=O) groups is 1. The summed E-state index contributed by atoms with van der Waals surface area (Å²) in [4.78, 5) is 12.8. The van der Waals surface area contributed by atoms with Crippen LogP contribution in [0.25, 0.3) is 6.08 Å². The minimum atomic E-state index is -0.278. The summed E-state index contributed by atoms with van der Waals surface area (Å²) in [5.74, 6) is -0.440. The molecule has 0 spiro atoms. The van der Waals surface area contributed by atoms with Gasteiger partial charge in [-0.05, 0) is 42.1 Å². The van der Waals surface area contributed by atoms with E-state index < -0.39 is 0 Å². The van der Waals surface area contributed by atoms with E-state index >= 15 is 0 Å². The van der Waals surface area contributed by atoms with Crippen molar-refractivity contribution in [1.29, 1.82) is 0 Å². The van der Waals surface area contributed by atoms with E-state index in [1.807, 2.05) is 24.4 Å². The molecule has 0 aliphatic heterocycles. The van der Waals surface area contributed by atoms with Crippen molar-refractivity contribution in [3.63, 3.8) is 0 Å². The van der Waals surface area contributed by atoms with Crippen LogP contribution < -0.4 is 5.32 Å². The van der Waals surface area contributed by atoms with Crippen LogP contribution in [-0.4, -0.2) is 5.91 Å². The maximum atomic E-state index is 12.8. The topological polar surface area (TPSA) is 29.1 Å². The highest BCUT2D eigenvalue weighted by atomic mass is 32.1. The summed E-state index contributed by atoms with van der Waals surface area (Å²) in [7, 11) is 0. The zero-order valence-corrected chi connectivity index (χ0v) is 11.3. The summed E-state index contributed by atoms with van der Waals surface area (Å²) >= 11 is 1.57. The second kappa shape index (κ2) is 6.29. The average molecular weight is 275 g/mol. The van der Waals surface area contributed by atoms with Crippen molar-refractivity contribution < 1.29 is 9.18 Å². The third-order valence-electron chi connectivity index (χ3n) is 2.67. The minimum Gasteiger partial charge on any atom is -0.346 e. The van der Waals surface area contributed by atoms with Gasteiger partial charge in [0, 0.05) is 11.0 Å². The van der Waals surface area contributed by atoms with Crippen molar-refractivity contribution in [2.45, 2.75) is 13.0 Å². The van der Waals surface area contributed by atoms with Crippen LogP contribution >= 0.6 is 11.3 Å². The van der Waals surface area contributed by atoms with Crippen LogP contribution in [0, 0.1) is 5.82 Å². The monoisotopic (exact) mass is 275 g/mol. The van der Waals surface area contributed by atoms with Crippen LogP contribution in [0.15, 0.2) is 47.9 Å². The molecule has 0 radical (unpaired) electrons. The summed E-state index contributed by atoms with van der Waals surface area (Å²) in [5, 5.41) is 4.79. The number of carbonyl (C=O) groups excluding carboxylic acids is 1. The number of thiophene rings is 1. The molecular formula is C15H14FNOS. The second-order valence-electron chi connectivity index (χ2n) is 4.13. The molecule has 0 fully saturated rings. The molecule has 0 aliphatic rings. The van der Waals surface area contributed by atoms with Crippen LogP contribution in [0.3, 0.4) is 0 Å². The molecule has 4 heteroatoms. The fraction of sp³-hybridized carbons (Fsp3) is 0.133. The zero-order chi connectivity index (χ0) is 13.7. The van der Waals surface area contributed by atoms with E-state index in [9.17, 15) is 9.18 Å². The van der Waals surface area contributed by atoms with Crippen LogP contribution in [0.4, 0.5) is 4.39 Å². The van der Waals surface area contributed by atoms with Gasteiger partial charge >= 0.3 is 0 Å². The highest BCUT2D eigenvalue weighted by Gasteiger charge is 2.07. The van der Waals surface area contributed by atoms with Gasteiger partial charge in [0.15, 0.2) is 0 Å². The molecule has 19 heavy (non-hydrogen) atoms. The number of nitrogens with one attached hydrogen (secondary N) is 1. The Bertz CT molecular complexity index is 560. The second-order valence-corrected chi connectivity index (χ2v) is 5.11. The van der Waals surface area contributed by atoms with Gasteiger partial charge in [-0.3, -0.25) is 4.79 Å². The summed E-state index contributed by atoms with van der Waals surface area (Å²) in [6.07, 6.45) is 3.28. The summed E-state index contributed by atoms with van der Waals surface area (Å²) in [6, 6.07) is 9.84. The molecule has 0 unspecified atom stereocenters. The first-order chi connectivity index (χ1) is 9.15. The molecule has 1 aromatic heterocycles. The van der Waals surface area contributed by atoms with Gasteiger partial charge < -0.3 is 5.32 Å². The molecule has 0 aliphatic carbocycles. The van der Waals surface area contributed by atoms with Crippen molar-refractivity contribution in [1.82, 2.24) is 5.32 Å². The number of amides is 1. The van der Waals surface area contributed by atoms with Crippen LogP contribution in [0.5, 0.6) is 0 Å². The SMILES string of the molecule is C[C@H](NC(=O)/C=C/c1cccs1)c1ccc(F)cc1. The fourth-order valence-electron chi connectivity index (χ4n) is 1.64. The molecule has 0 saturated carbocycles. The lowest BCUT2D eigenvalue weighted by atomic mass is 10.1. The summed E-state index contributed by atoms with van der Waals surface area (Å²) < 4.78 is 12.8. The predicted molar refractivity (Wildman–Crippen MR) is 76.3 cm³/mol. The smallest absolute Gasteiger partial charge is 0.244 e. The summed E-state index contributed by atoms with van der Waals surface area (Å²) in [5.41, 5.74) is 0.874. The van der Waals surface area contributed by atoms with E-state index in [2.05, 4.69) is 5.32 Å². The molecule has 2 nitrogen and oxygen atoms in total. The maximum absolute atomic E-state index is 12.8. The molecule has 98 valence electrons. The first kappa shape index (κ1) is 13.5. The van der Waals surface area contributed by atoms with Gasteiger partial charge in [-0.25, -0.2) is 4.39 Å². The number of hydrogen-bond donors (Lipinski definition) is 1. The number of halogens is 1. The van der Waals surface area contributed by atoms with E-state index in [1.54, 1.807) is 29.5 Å². The number of rotatable bonds is 4. The zero-order valence-electron chi connectivity index (χ0n) is 10.5. The minimum absolute atomic E-state index is 0.152. The standard InChI is InChI=1S/C15H14FNOS/c1-11(12-4-6-13(16)7-5-12)17-15(18)9-8-14-3-2-10-19-14/h2-11H,1H3,(H,17,18)/b9-8+/t11-/m0/s1. The quantitative estimate of drug-likeness (QED) is 0.845. The first-order valence-corrected chi connectivity index (χ1v) is 6.80. The van der Waals surface area contributed by atoms with Gasteiger partial charge in [0.25, 0.3) is 0 Å². The van der Waals surface area contributed by atoms with E-state index in [-0.39, 0.29) is 17.8 Å². The lowest BCUT2D eigenvalue weighted by Crippen LogP contribution is -2.24. The molecular weight excluding hydrogens is 261 g/mol. The van der Waals surface area contributed by atoms with E-state index in [1.165, 1.54) is 18.2 Å². The third-order valence-corrected chi connectivity index (χ3v) is 3.51. The van der Waals surface area contributed by atoms with Crippen molar-refractivity contribution in [2.24, 2.45) is 0 Å². The molecule has 1 N–H and O–H groups in total. The molecule has 1 amide bonds. The largest absolute Gasteiger partial charge is 0.346 e. The average Bonchev–Trinajstić information content (AvgIpc) is 2.90. The van der Waals surface area contributed by atoms with Crippen molar-refractivity contribution in [3.8, 4) is 0 Å². The molecule has 0 saturated heterocycles. The van der Waals surface area contributed by atoms with Gasteiger partial charge in [0.2, 0.25) is 5.91 Å². The molecule has 1 atom stereocenters. The first-order valence-electron chi connectivity index (χ1n) is 5.93. The van der Waals surface area contributed by atoms with Crippen molar-refractivity contribution in [3.05, 3.63) is 64.1 Å². The van der Waals surface area contributed by atoms with Crippen molar-refractivity contribution in [2.75, 3.05) is 0 Å². The maximum Gasteiger partial charge on any atom is 0.244 e. The van der Waals surface area contributed by atoms with E-state index in [0.717, 1.165) is 10.4 Å². The van der Waals surface area contributed by atoms with Crippen LogP contribution in [0.1, 0.15) is 23.4 Å². The molecule has 0 bridgehead atoms. The third kappa shape index (κ3) is 4.03. The van der Waals surface area contributed by atoms with Crippen LogP contribution in [-0.2, 0) is 4.79 Å². The fourth-order valence-corrected chi connectivity index (χ4v) is 2.26. The summed E-state index contributed by atoms with van der Waals surface area (Å²) in [6.45, 7) is 1.87.